The number of hydrogen-bond donors (Lipinski definition) is 2. The van der Waals surface area contributed by atoms with E-state index in [2.05, 4.69) is 0 Å². The van der Waals surface area contributed by atoms with Gasteiger partial charge in [0.05, 0.1) is 11.2 Å². The number of aliphatic hydroxyl groups is 2. The molecule has 0 aromatic rings. The van der Waals surface area contributed by atoms with Crippen molar-refractivity contribution in [2.45, 2.75) is 66.6 Å². The zero-order valence-electron chi connectivity index (χ0n) is 11.3. The molecule has 0 aliphatic rings. The van der Waals surface area contributed by atoms with E-state index in [-0.39, 0.29) is 11.2 Å². The van der Waals surface area contributed by atoms with E-state index >= 15 is 0 Å². The fourth-order valence-electron chi connectivity index (χ4n) is 0. The highest BCUT2D eigenvalue weighted by molar-refractivity contribution is 5.80. The first-order valence-electron chi connectivity index (χ1n) is 5.15. The third-order valence-corrected chi connectivity index (χ3v) is 2.55. The van der Waals surface area contributed by atoms with E-state index in [1.807, 2.05) is 20.8 Å². The maximum atomic E-state index is 10.5. The summed E-state index contributed by atoms with van der Waals surface area (Å²) in [5.41, 5.74) is -2.15. The number of rotatable bonds is 1. The Labute approximate surface area is 93.5 Å². The van der Waals surface area contributed by atoms with E-state index in [1.165, 1.54) is 0 Å². The summed E-state index contributed by atoms with van der Waals surface area (Å²) in [4.78, 5) is 10.5. The minimum Gasteiger partial charge on any atom is -0.387 e. The van der Waals surface area contributed by atoms with Crippen molar-refractivity contribution in [3.63, 3.8) is 0 Å². The van der Waals surface area contributed by atoms with Crippen LogP contribution in [0.1, 0.15) is 55.4 Å². The molecule has 0 aromatic carbocycles. The van der Waals surface area contributed by atoms with Gasteiger partial charge in [-0.1, -0.05) is 20.8 Å². The molecular weight excluding hydrogens is 192 g/mol. The van der Waals surface area contributed by atoms with Crippen LogP contribution >= 0.6 is 0 Å². The predicted molar refractivity (Wildman–Crippen MR) is 62.7 cm³/mol. The molecule has 0 rings (SSSR count). The molecule has 0 fully saturated rings. The molecule has 0 saturated carbocycles. The summed E-state index contributed by atoms with van der Waals surface area (Å²) in [6.07, 6.45) is 0. The fraction of sp³-hybridized carbons (Fsp3) is 0.917. The van der Waals surface area contributed by atoms with Gasteiger partial charge in [-0.3, -0.25) is 4.79 Å². The Balaban J connectivity index is 0. The molecule has 0 aliphatic carbocycles. The molecule has 15 heavy (non-hydrogen) atoms. The lowest BCUT2D eigenvalue weighted by atomic mass is 9.90. The highest BCUT2D eigenvalue weighted by atomic mass is 16.3. The third kappa shape index (κ3) is 8.58. The maximum Gasteiger partial charge on any atom is 0.135 e. The number of Topliss-reactive ketones (excluding diaryl/α,β-unsaturated/α-hetero) is 1. The standard InChI is InChI=1S/C6H14O2.C6H12O/c1-5(2,7)6(3,4)8;1-5(7)6(2,3)4/h7-8H,1-4H3;1-4H3. The Morgan fingerprint density at radius 1 is 0.800 bits per heavy atom. The third-order valence-electron chi connectivity index (χ3n) is 2.55. The van der Waals surface area contributed by atoms with Crippen LogP contribution in [0.15, 0.2) is 0 Å². The summed E-state index contributed by atoms with van der Waals surface area (Å²) in [7, 11) is 0. The molecule has 2 N–H and O–H groups in total. The largest absolute Gasteiger partial charge is 0.387 e. The normalized spacial score (nSPS) is 12.9. The summed E-state index contributed by atoms with van der Waals surface area (Å²) < 4.78 is 0. The van der Waals surface area contributed by atoms with Crippen LogP contribution in [0.3, 0.4) is 0 Å². The molecule has 0 amide bonds. The number of carbonyl (C=O) groups is 1. The molecule has 3 nitrogen and oxygen atoms in total. The van der Waals surface area contributed by atoms with Crippen LogP contribution in [0.25, 0.3) is 0 Å². The van der Waals surface area contributed by atoms with Crippen LogP contribution in [-0.2, 0) is 4.79 Å². The van der Waals surface area contributed by atoms with Gasteiger partial charge in [-0.15, -0.1) is 0 Å². The van der Waals surface area contributed by atoms with Crippen molar-refractivity contribution in [2.75, 3.05) is 0 Å². The van der Waals surface area contributed by atoms with Gasteiger partial charge < -0.3 is 10.2 Å². The first kappa shape index (κ1) is 17.0. The fourth-order valence-corrected chi connectivity index (χ4v) is 0. The van der Waals surface area contributed by atoms with Gasteiger partial charge in [-0.05, 0) is 34.6 Å². The summed E-state index contributed by atoms with van der Waals surface area (Å²) in [6.45, 7) is 13.7. The van der Waals surface area contributed by atoms with Crippen molar-refractivity contribution in [1.29, 1.82) is 0 Å². The van der Waals surface area contributed by atoms with E-state index in [0.717, 1.165) is 0 Å². The zero-order valence-corrected chi connectivity index (χ0v) is 11.3. The molecule has 92 valence electrons. The monoisotopic (exact) mass is 218 g/mol. The molecule has 0 radical (unpaired) electrons. The van der Waals surface area contributed by atoms with Gasteiger partial charge in [0.25, 0.3) is 0 Å². The number of hydrogen-bond acceptors (Lipinski definition) is 3. The SMILES string of the molecule is CC(=O)C(C)(C)C.CC(C)(O)C(C)(C)O. The topological polar surface area (TPSA) is 57.5 Å². The van der Waals surface area contributed by atoms with E-state index in [4.69, 9.17) is 10.2 Å². The molecule has 3 heteroatoms. The first-order valence-corrected chi connectivity index (χ1v) is 5.15. The van der Waals surface area contributed by atoms with Gasteiger partial charge in [0, 0.05) is 5.41 Å². The van der Waals surface area contributed by atoms with Crippen LogP contribution in [0.2, 0.25) is 0 Å². The minimum atomic E-state index is -1.01. The van der Waals surface area contributed by atoms with Crippen molar-refractivity contribution in [3.8, 4) is 0 Å². The molecule has 0 atom stereocenters. The Morgan fingerprint density at radius 2 is 0.933 bits per heavy atom. The summed E-state index contributed by atoms with van der Waals surface area (Å²) >= 11 is 0. The minimum absolute atomic E-state index is 0.139. The average molecular weight is 218 g/mol. The number of ketones is 1. The smallest absolute Gasteiger partial charge is 0.135 e. The molecule has 0 saturated heterocycles. The highest BCUT2D eigenvalue weighted by Gasteiger charge is 2.31. The molecule has 0 aromatic heterocycles. The lowest BCUT2D eigenvalue weighted by molar-refractivity contribution is -0.124. The molecular formula is C12H26O3. The van der Waals surface area contributed by atoms with Crippen molar-refractivity contribution < 1.29 is 15.0 Å². The molecule has 0 heterocycles. The van der Waals surface area contributed by atoms with Gasteiger partial charge in [0.2, 0.25) is 0 Å². The van der Waals surface area contributed by atoms with E-state index in [0.29, 0.717) is 0 Å². The van der Waals surface area contributed by atoms with Crippen LogP contribution in [-0.4, -0.2) is 27.2 Å². The molecule has 0 aliphatic heterocycles. The van der Waals surface area contributed by atoms with Gasteiger partial charge in [-0.25, -0.2) is 0 Å². The van der Waals surface area contributed by atoms with E-state index in [1.54, 1.807) is 34.6 Å². The average Bonchev–Trinajstić information content (AvgIpc) is 1.80. The maximum absolute atomic E-state index is 10.5. The van der Waals surface area contributed by atoms with Crippen LogP contribution < -0.4 is 0 Å². The van der Waals surface area contributed by atoms with Crippen molar-refractivity contribution in [2.24, 2.45) is 5.41 Å². The summed E-state index contributed by atoms with van der Waals surface area (Å²) in [5.74, 6) is 0.243. The number of carbonyl (C=O) groups excluding carboxylic acids is 1. The van der Waals surface area contributed by atoms with E-state index < -0.39 is 11.2 Å². The van der Waals surface area contributed by atoms with Crippen molar-refractivity contribution >= 4 is 5.78 Å². The van der Waals surface area contributed by atoms with Gasteiger partial charge in [0.1, 0.15) is 5.78 Å². The lowest BCUT2D eigenvalue weighted by Crippen LogP contribution is -2.44. The first-order chi connectivity index (χ1) is 6.19. The molecule has 0 bridgehead atoms. The van der Waals surface area contributed by atoms with Crippen LogP contribution in [0.5, 0.6) is 0 Å². The van der Waals surface area contributed by atoms with Crippen molar-refractivity contribution in [3.05, 3.63) is 0 Å². The highest BCUT2D eigenvalue weighted by Crippen LogP contribution is 2.19. The second-order valence-corrected chi connectivity index (χ2v) is 5.92. The lowest BCUT2D eigenvalue weighted by Gasteiger charge is -2.31. The van der Waals surface area contributed by atoms with Crippen LogP contribution in [0, 0.1) is 5.41 Å². The second-order valence-electron chi connectivity index (χ2n) is 5.92. The van der Waals surface area contributed by atoms with Crippen molar-refractivity contribution in [1.82, 2.24) is 0 Å². The summed E-state index contributed by atoms with van der Waals surface area (Å²) in [6, 6.07) is 0. The molecule has 0 unspecified atom stereocenters. The van der Waals surface area contributed by atoms with Gasteiger partial charge >= 0.3 is 0 Å². The Bertz CT molecular complexity index is 186. The Kier molecular flexibility index (Phi) is 5.76. The van der Waals surface area contributed by atoms with Gasteiger partial charge in [0.15, 0.2) is 0 Å². The predicted octanol–water partition coefficient (Wildman–Crippen LogP) is 2.15. The van der Waals surface area contributed by atoms with Crippen LogP contribution in [0.4, 0.5) is 0 Å². The zero-order chi connectivity index (χ0) is 13.1. The Hall–Kier alpha value is -0.410. The quantitative estimate of drug-likeness (QED) is 0.709. The Morgan fingerprint density at radius 3 is 0.933 bits per heavy atom. The second kappa shape index (κ2) is 5.08. The van der Waals surface area contributed by atoms with Gasteiger partial charge in [-0.2, -0.15) is 0 Å². The summed E-state index contributed by atoms with van der Waals surface area (Å²) in [5, 5.41) is 18.2. The van der Waals surface area contributed by atoms with E-state index in [9.17, 15) is 4.79 Å². The molecule has 0 spiro atoms.